The first-order chi connectivity index (χ1) is 14.0. The number of aromatic nitrogens is 2. The van der Waals surface area contributed by atoms with Crippen LogP contribution in [-0.4, -0.2) is 42.5 Å². The molecule has 0 aliphatic carbocycles. The van der Waals surface area contributed by atoms with Crippen molar-refractivity contribution in [3.63, 3.8) is 0 Å². The van der Waals surface area contributed by atoms with Crippen molar-refractivity contribution in [2.75, 3.05) is 19.6 Å². The summed E-state index contributed by atoms with van der Waals surface area (Å²) in [4.78, 5) is 7.16. The van der Waals surface area contributed by atoms with E-state index >= 15 is 0 Å². The molecule has 0 bridgehead atoms. The number of hydrogen-bond acceptors (Lipinski definition) is 4. The van der Waals surface area contributed by atoms with Gasteiger partial charge in [0.15, 0.2) is 0 Å². The first-order valence-electron chi connectivity index (χ1n) is 10.1. The van der Waals surface area contributed by atoms with Crippen LogP contribution in [0.4, 0.5) is 0 Å². The smallest absolute Gasteiger partial charge is 0.215 e. The zero-order valence-electron chi connectivity index (χ0n) is 16.8. The van der Waals surface area contributed by atoms with Crippen LogP contribution in [0.25, 0.3) is 11.0 Å². The Morgan fingerprint density at radius 1 is 1.10 bits per heavy atom. The molecular weight excluding hydrogens is 384 g/mol. The summed E-state index contributed by atoms with van der Waals surface area (Å²) in [6.45, 7) is 3.19. The summed E-state index contributed by atoms with van der Waals surface area (Å²) in [6.07, 6.45) is 2.13. The van der Waals surface area contributed by atoms with E-state index in [0.29, 0.717) is 12.5 Å². The Labute approximate surface area is 172 Å². The fourth-order valence-corrected chi connectivity index (χ4v) is 5.31. The molecular formula is C22H28N4O2S. The first-order valence-corrected chi connectivity index (χ1v) is 11.8. The van der Waals surface area contributed by atoms with Crippen molar-refractivity contribution >= 4 is 21.1 Å². The maximum absolute atomic E-state index is 12.4. The normalized spacial score (nSPS) is 18.3. The van der Waals surface area contributed by atoms with Gasteiger partial charge in [-0.2, -0.15) is 0 Å². The monoisotopic (exact) mass is 412 g/mol. The van der Waals surface area contributed by atoms with Crippen LogP contribution < -0.4 is 4.72 Å². The van der Waals surface area contributed by atoms with Gasteiger partial charge in [-0.1, -0.05) is 42.5 Å². The number of rotatable bonds is 7. The van der Waals surface area contributed by atoms with Crippen LogP contribution in [0.2, 0.25) is 0 Å². The number of nitrogens with zero attached hydrogens (tertiary/aromatic N) is 3. The largest absolute Gasteiger partial charge is 0.330 e. The van der Waals surface area contributed by atoms with E-state index in [1.54, 1.807) is 0 Å². The molecule has 29 heavy (non-hydrogen) atoms. The molecule has 0 spiro atoms. The maximum Gasteiger partial charge on any atom is 0.215 e. The number of sulfonamides is 1. The molecule has 7 heteroatoms. The minimum absolute atomic E-state index is 0.0319. The Morgan fingerprint density at radius 2 is 1.86 bits per heavy atom. The number of hydrogen-bond donors (Lipinski definition) is 1. The van der Waals surface area contributed by atoms with Gasteiger partial charge in [0.05, 0.1) is 23.3 Å². The third-order valence-electron chi connectivity index (χ3n) is 5.64. The summed E-state index contributed by atoms with van der Waals surface area (Å²) >= 11 is 0. The Morgan fingerprint density at radius 3 is 2.66 bits per heavy atom. The second-order valence-corrected chi connectivity index (χ2v) is 9.72. The minimum Gasteiger partial charge on any atom is -0.330 e. The number of para-hydroxylation sites is 2. The summed E-state index contributed by atoms with van der Waals surface area (Å²) in [5.74, 6) is 1.41. The zero-order chi connectivity index (χ0) is 20.3. The van der Waals surface area contributed by atoms with Gasteiger partial charge in [0, 0.05) is 20.1 Å². The van der Waals surface area contributed by atoms with E-state index in [2.05, 4.69) is 27.3 Å². The highest BCUT2D eigenvalue weighted by Crippen LogP contribution is 2.20. The lowest BCUT2D eigenvalue weighted by atomic mass is 9.98. The number of imidazole rings is 1. The lowest BCUT2D eigenvalue weighted by molar-refractivity contribution is 0.164. The van der Waals surface area contributed by atoms with Crippen molar-refractivity contribution in [2.24, 2.45) is 13.0 Å². The Bertz CT molecular complexity index is 1060. The standard InChI is InChI=1S/C22H28N4O2S/c1-25-21-12-6-5-11-20(21)24-22(25)16-26-13-7-10-19(15-26)14-23-29(27,28)17-18-8-3-2-4-9-18/h2-6,8-9,11-12,19,23H,7,10,13-17H2,1H3. The topological polar surface area (TPSA) is 67.2 Å². The van der Waals surface area contributed by atoms with Crippen LogP contribution in [0.5, 0.6) is 0 Å². The van der Waals surface area contributed by atoms with Gasteiger partial charge in [0.1, 0.15) is 5.82 Å². The molecule has 6 nitrogen and oxygen atoms in total. The van der Waals surface area contributed by atoms with Gasteiger partial charge >= 0.3 is 0 Å². The Kier molecular flexibility index (Phi) is 5.99. The summed E-state index contributed by atoms with van der Waals surface area (Å²) in [5, 5.41) is 0. The van der Waals surface area contributed by atoms with Crippen LogP contribution in [0.3, 0.4) is 0 Å². The molecule has 2 aromatic carbocycles. The SMILES string of the molecule is Cn1c(CN2CCCC(CNS(=O)(=O)Cc3ccccc3)C2)nc2ccccc21. The van der Waals surface area contributed by atoms with Crippen molar-refractivity contribution in [1.29, 1.82) is 0 Å². The summed E-state index contributed by atoms with van der Waals surface area (Å²) < 4.78 is 29.8. The maximum atomic E-state index is 12.4. The molecule has 4 rings (SSSR count). The molecule has 2 heterocycles. The van der Waals surface area contributed by atoms with E-state index in [4.69, 9.17) is 4.98 Å². The first kappa shape index (κ1) is 20.1. The Balaban J connectivity index is 1.34. The van der Waals surface area contributed by atoms with Crippen molar-refractivity contribution in [1.82, 2.24) is 19.2 Å². The number of nitrogens with one attached hydrogen (secondary N) is 1. The molecule has 1 N–H and O–H groups in total. The van der Waals surface area contributed by atoms with Crippen LogP contribution in [0.15, 0.2) is 54.6 Å². The van der Waals surface area contributed by atoms with E-state index < -0.39 is 10.0 Å². The fraction of sp³-hybridized carbons (Fsp3) is 0.409. The van der Waals surface area contributed by atoms with Gasteiger partial charge in [-0.3, -0.25) is 4.90 Å². The molecule has 0 radical (unpaired) electrons. The van der Waals surface area contributed by atoms with Gasteiger partial charge in [-0.05, 0) is 43.0 Å². The van der Waals surface area contributed by atoms with Crippen molar-refractivity contribution in [2.45, 2.75) is 25.1 Å². The average Bonchev–Trinajstić information content (AvgIpc) is 3.03. The van der Waals surface area contributed by atoms with Crippen molar-refractivity contribution in [3.05, 3.63) is 66.0 Å². The molecule has 1 unspecified atom stereocenters. The predicted molar refractivity (Wildman–Crippen MR) is 116 cm³/mol. The van der Waals surface area contributed by atoms with Gasteiger partial charge in [0.25, 0.3) is 0 Å². The van der Waals surface area contributed by atoms with E-state index in [1.807, 2.05) is 48.5 Å². The quantitative estimate of drug-likeness (QED) is 0.648. The lowest BCUT2D eigenvalue weighted by Crippen LogP contribution is -2.41. The Hall–Kier alpha value is -2.22. The van der Waals surface area contributed by atoms with Gasteiger partial charge in [-0.15, -0.1) is 0 Å². The highest BCUT2D eigenvalue weighted by Gasteiger charge is 2.23. The van der Waals surface area contributed by atoms with Crippen LogP contribution in [-0.2, 0) is 29.4 Å². The molecule has 0 amide bonds. The number of fused-ring (bicyclic) bond motifs is 1. The minimum atomic E-state index is -3.32. The van der Waals surface area contributed by atoms with Crippen molar-refractivity contribution < 1.29 is 8.42 Å². The van der Waals surface area contributed by atoms with E-state index in [-0.39, 0.29) is 5.75 Å². The summed E-state index contributed by atoms with van der Waals surface area (Å²) in [7, 11) is -1.26. The summed E-state index contributed by atoms with van der Waals surface area (Å²) in [6, 6.07) is 17.5. The molecule has 0 saturated carbocycles. The number of aryl methyl sites for hydroxylation is 1. The number of piperidine rings is 1. The van der Waals surface area contributed by atoms with E-state index in [1.165, 1.54) is 0 Å². The highest BCUT2D eigenvalue weighted by atomic mass is 32.2. The second kappa shape index (κ2) is 8.65. The number of likely N-dealkylation sites (tertiary alicyclic amines) is 1. The lowest BCUT2D eigenvalue weighted by Gasteiger charge is -2.32. The van der Waals surface area contributed by atoms with Gasteiger partial charge < -0.3 is 4.57 Å². The van der Waals surface area contributed by atoms with E-state index in [9.17, 15) is 8.42 Å². The molecule has 1 saturated heterocycles. The van der Waals surface area contributed by atoms with Crippen LogP contribution in [0.1, 0.15) is 24.2 Å². The molecule has 154 valence electrons. The van der Waals surface area contributed by atoms with Gasteiger partial charge in [0.2, 0.25) is 10.0 Å². The fourth-order valence-electron chi connectivity index (χ4n) is 4.09. The van der Waals surface area contributed by atoms with Crippen molar-refractivity contribution in [3.8, 4) is 0 Å². The molecule has 1 fully saturated rings. The third-order valence-corrected chi connectivity index (χ3v) is 6.96. The molecule has 1 aliphatic heterocycles. The second-order valence-electron chi connectivity index (χ2n) is 7.91. The molecule has 1 aromatic heterocycles. The zero-order valence-corrected chi connectivity index (χ0v) is 17.6. The predicted octanol–water partition coefficient (Wildman–Crippen LogP) is 2.90. The highest BCUT2D eigenvalue weighted by molar-refractivity contribution is 7.88. The number of benzene rings is 2. The van der Waals surface area contributed by atoms with Gasteiger partial charge in [-0.25, -0.2) is 18.1 Å². The summed E-state index contributed by atoms with van der Waals surface area (Å²) in [5.41, 5.74) is 2.98. The van der Waals surface area contributed by atoms with E-state index in [0.717, 1.165) is 54.9 Å². The molecule has 1 aliphatic rings. The molecule has 3 aromatic rings. The van der Waals surface area contributed by atoms with Crippen LogP contribution in [0, 0.1) is 5.92 Å². The average molecular weight is 413 g/mol. The van der Waals surface area contributed by atoms with Crippen LogP contribution >= 0.6 is 0 Å². The molecule has 1 atom stereocenters. The third kappa shape index (κ3) is 5.04.